The van der Waals surface area contributed by atoms with E-state index >= 15 is 0 Å². The molecular weight excluding hydrogens is 405 g/mol. The fraction of sp³-hybridized carbons (Fsp3) is 0.143. The van der Waals surface area contributed by atoms with Crippen LogP contribution in [0.15, 0.2) is 60.9 Å². The van der Waals surface area contributed by atoms with Crippen LogP contribution in [0.25, 0.3) is 11.1 Å². The number of hydrogen-bond donors (Lipinski definition) is 1. The van der Waals surface area contributed by atoms with Gasteiger partial charge >= 0.3 is 6.18 Å². The highest BCUT2D eigenvalue weighted by Gasteiger charge is 2.32. The van der Waals surface area contributed by atoms with E-state index in [4.69, 9.17) is 16.3 Å². The Morgan fingerprint density at radius 3 is 2.59 bits per heavy atom. The second-order valence-electron chi connectivity index (χ2n) is 6.20. The first kappa shape index (κ1) is 20.8. The lowest BCUT2D eigenvalue weighted by Gasteiger charge is -2.14. The number of ether oxygens (including phenoxy) is 1. The first-order chi connectivity index (χ1) is 13.8. The second-order valence-corrected chi connectivity index (χ2v) is 6.61. The molecule has 0 saturated carbocycles. The molecule has 0 saturated heterocycles. The number of halogens is 4. The molecule has 0 unspecified atom stereocenters. The molecule has 1 N–H and O–H groups in total. The molecule has 3 rings (SSSR count). The van der Waals surface area contributed by atoms with Crippen molar-refractivity contribution in [1.82, 2.24) is 4.98 Å². The summed E-state index contributed by atoms with van der Waals surface area (Å²) in [6.45, 7) is -0.0536. The summed E-state index contributed by atoms with van der Waals surface area (Å²) >= 11 is 6.24. The number of rotatable bonds is 5. The summed E-state index contributed by atoms with van der Waals surface area (Å²) in [7, 11) is 1.37. The SMILES string of the molecule is COCc1cc(C(=O)Nc2cnccc2-c2ccccc2Cl)cc(C(F)(F)F)c1. The van der Waals surface area contributed by atoms with E-state index < -0.39 is 17.6 Å². The smallest absolute Gasteiger partial charge is 0.380 e. The van der Waals surface area contributed by atoms with E-state index in [2.05, 4.69) is 10.3 Å². The zero-order valence-electron chi connectivity index (χ0n) is 15.3. The minimum absolute atomic E-state index is 0.0536. The predicted molar refractivity (Wildman–Crippen MR) is 105 cm³/mol. The van der Waals surface area contributed by atoms with Gasteiger partial charge in [0, 0.05) is 35.0 Å². The van der Waals surface area contributed by atoms with Gasteiger partial charge in [0.1, 0.15) is 0 Å². The third-order valence-corrected chi connectivity index (χ3v) is 4.46. The van der Waals surface area contributed by atoms with E-state index in [0.717, 1.165) is 12.1 Å². The highest BCUT2D eigenvalue weighted by molar-refractivity contribution is 6.33. The van der Waals surface area contributed by atoms with Gasteiger partial charge in [-0.3, -0.25) is 9.78 Å². The number of alkyl halides is 3. The van der Waals surface area contributed by atoms with E-state index in [9.17, 15) is 18.0 Å². The van der Waals surface area contributed by atoms with E-state index in [0.29, 0.717) is 21.8 Å². The number of benzene rings is 2. The van der Waals surface area contributed by atoms with Crippen molar-refractivity contribution in [2.45, 2.75) is 12.8 Å². The van der Waals surface area contributed by atoms with Crippen LogP contribution >= 0.6 is 11.6 Å². The van der Waals surface area contributed by atoms with Gasteiger partial charge in [-0.05, 0) is 35.9 Å². The quantitative estimate of drug-likeness (QED) is 0.566. The van der Waals surface area contributed by atoms with Gasteiger partial charge in [0.05, 0.1) is 24.1 Å². The molecule has 29 heavy (non-hydrogen) atoms. The van der Waals surface area contributed by atoms with Gasteiger partial charge in [0.25, 0.3) is 5.91 Å². The Kier molecular flexibility index (Phi) is 6.20. The maximum absolute atomic E-state index is 13.2. The molecule has 0 bridgehead atoms. The monoisotopic (exact) mass is 420 g/mol. The topological polar surface area (TPSA) is 51.2 Å². The molecule has 0 aliphatic rings. The van der Waals surface area contributed by atoms with Crippen LogP contribution in [0.4, 0.5) is 18.9 Å². The van der Waals surface area contributed by atoms with Crippen molar-refractivity contribution in [3.8, 4) is 11.1 Å². The van der Waals surface area contributed by atoms with E-state index in [1.54, 1.807) is 30.3 Å². The van der Waals surface area contributed by atoms with Crippen molar-refractivity contribution in [3.05, 3.63) is 82.6 Å². The number of nitrogens with one attached hydrogen (secondary N) is 1. The average Bonchev–Trinajstić information content (AvgIpc) is 2.68. The number of nitrogens with zero attached hydrogens (tertiary/aromatic N) is 1. The second kappa shape index (κ2) is 8.63. The fourth-order valence-corrected chi connectivity index (χ4v) is 3.08. The van der Waals surface area contributed by atoms with Gasteiger partial charge < -0.3 is 10.1 Å². The molecule has 0 atom stereocenters. The zero-order valence-corrected chi connectivity index (χ0v) is 16.0. The molecular formula is C21H16ClF3N2O2. The molecule has 1 amide bonds. The summed E-state index contributed by atoms with van der Waals surface area (Å²) < 4.78 is 44.5. The minimum atomic E-state index is -4.59. The summed E-state index contributed by atoms with van der Waals surface area (Å²) in [6.07, 6.45) is -1.63. The van der Waals surface area contributed by atoms with Crippen LogP contribution in [0, 0.1) is 0 Å². The molecule has 8 heteroatoms. The van der Waals surface area contributed by atoms with Gasteiger partial charge in [0.2, 0.25) is 0 Å². The van der Waals surface area contributed by atoms with Crippen molar-refractivity contribution in [3.63, 3.8) is 0 Å². The van der Waals surface area contributed by atoms with Crippen LogP contribution in [0.3, 0.4) is 0 Å². The van der Waals surface area contributed by atoms with Gasteiger partial charge in [0.15, 0.2) is 0 Å². The molecule has 0 aliphatic carbocycles. The highest BCUT2D eigenvalue weighted by atomic mass is 35.5. The molecule has 1 heterocycles. The lowest BCUT2D eigenvalue weighted by atomic mass is 10.0. The van der Waals surface area contributed by atoms with Crippen molar-refractivity contribution >= 4 is 23.2 Å². The number of aromatic nitrogens is 1. The molecule has 0 radical (unpaired) electrons. The van der Waals surface area contributed by atoms with Gasteiger partial charge in [-0.25, -0.2) is 0 Å². The standard InChI is InChI=1S/C21H16ClF3N2O2/c1-29-12-13-8-14(10-15(9-13)21(23,24)25)20(28)27-19-11-26-7-6-17(19)16-4-2-3-5-18(16)22/h2-11H,12H2,1H3,(H,27,28). The van der Waals surface area contributed by atoms with Crippen LogP contribution in [0.1, 0.15) is 21.5 Å². The molecule has 150 valence electrons. The minimum Gasteiger partial charge on any atom is -0.380 e. The molecule has 0 fully saturated rings. The number of amides is 1. The lowest BCUT2D eigenvalue weighted by Crippen LogP contribution is -2.15. The van der Waals surface area contributed by atoms with Crippen LogP contribution in [-0.4, -0.2) is 18.0 Å². The first-order valence-electron chi connectivity index (χ1n) is 8.50. The van der Waals surface area contributed by atoms with E-state index in [-0.39, 0.29) is 17.7 Å². The Labute approximate surface area is 170 Å². The Balaban J connectivity index is 1.98. The van der Waals surface area contributed by atoms with Crippen LogP contribution in [-0.2, 0) is 17.5 Å². The molecule has 2 aromatic carbocycles. The number of carbonyl (C=O) groups excluding carboxylic acids is 1. The summed E-state index contributed by atoms with van der Waals surface area (Å²) in [5, 5.41) is 3.10. The average molecular weight is 421 g/mol. The Hall–Kier alpha value is -2.90. The number of anilines is 1. The fourth-order valence-electron chi connectivity index (χ4n) is 2.84. The summed E-state index contributed by atoms with van der Waals surface area (Å²) in [5.74, 6) is -0.699. The predicted octanol–water partition coefficient (Wildman–Crippen LogP) is 5.82. The maximum atomic E-state index is 13.2. The van der Waals surface area contributed by atoms with Crippen molar-refractivity contribution in [1.29, 1.82) is 0 Å². The number of pyridine rings is 1. The van der Waals surface area contributed by atoms with Crippen LogP contribution in [0.2, 0.25) is 5.02 Å². The summed E-state index contributed by atoms with van der Waals surface area (Å²) in [6, 6.07) is 11.8. The molecule has 0 aliphatic heterocycles. The number of carbonyl (C=O) groups is 1. The number of methoxy groups -OCH3 is 1. The Bertz CT molecular complexity index is 1040. The third-order valence-electron chi connectivity index (χ3n) is 4.13. The van der Waals surface area contributed by atoms with Crippen LogP contribution in [0.5, 0.6) is 0 Å². The molecule has 4 nitrogen and oxygen atoms in total. The van der Waals surface area contributed by atoms with Crippen LogP contribution < -0.4 is 5.32 Å². The maximum Gasteiger partial charge on any atom is 0.416 e. The molecule has 1 aromatic heterocycles. The Morgan fingerprint density at radius 1 is 1.14 bits per heavy atom. The third kappa shape index (κ3) is 4.93. The lowest BCUT2D eigenvalue weighted by molar-refractivity contribution is -0.137. The highest BCUT2D eigenvalue weighted by Crippen LogP contribution is 2.34. The molecule has 3 aromatic rings. The van der Waals surface area contributed by atoms with Gasteiger partial charge in [-0.2, -0.15) is 13.2 Å². The first-order valence-corrected chi connectivity index (χ1v) is 8.87. The number of hydrogen-bond acceptors (Lipinski definition) is 3. The van der Waals surface area contributed by atoms with Gasteiger partial charge in [-0.1, -0.05) is 29.8 Å². The summed E-state index contributed by atoms with van der Waals surface area (Å²) in [4.78, 5) is 16.7. The van der Waals surface area contributed by atoms with Crippen molar-refractivity contribution in [2.75, 3.05) is 12.4 Å². The largest absolute Gasteiger partial charge is 0.416 e. The van der Waals surface area contributed by atoms with Crippen molar-refractivity contribution < 1.29 is 22.7 Å². The van der Waals surface area contributed by atoms with E-state index in [1.165, 1.54) is 25.6 Å². The Morgan fingerprint density at radius 2 is 1.90 bits per heavy atom. The molecule has 0 spiro atoms. The normalized spacial score (nSPS) is 11.3. The van der Waals surface area contributed by atoms with Gasteiger partial charge in [-0.15, -0.1) is 0 Å². The van der Waals surface area contributed by atoms with E-state index in [1.807, 2.05) is 0 Å². The van der Waals surface area contributed by atoms with Crippen molar-refractivity contribution in [2.24, 2.45) is 0 Å². The zero-order chi connectivity index (χ0) is 21.0. The summed E-state index contributed by atoms with van der Waals surface area (Å²) in [5.41, 5.74) is 0.774.